The van der Waals surface area contributed by atoms with Crippen molar-refractivity contribution in [3.05, 3.63) is 66.2 Å². The van der Waals surface area contributed by atoms with Gasteiger partial charge in [-0.2, -0.15) is 32.2 Å². The summed E-state index contributed by atoms with van der Waals surface area (Å²) in [5.41, 5.74) is 12.4. The molecule has 0 aliphatic rings. The van der Waals surface area contributed by atoms with E-state index in [1.54, 1.807) is 25.1 Å². The molecule has 0 fully saturated rings. The van der Waals surface area contributed by atoms with Gasteiger partial charge in [0.05, 0.1) is 27.6 Å². The van der Waals surface area contributed by atoms with Crippen molar-refractivity contribution in [3.63, 3.8) is 0 Å². The average molecular weight is 518 g/mol. The van der Waals surface area contributed by atoms with Crippen LogP contribution in [0.2, 0.25) is 0 Å². The second-order valence-electron chi connectivity index (χ2n) is 7.00. The third-order valence-corrected chi connectivity index (χ3v) is 6.09. The predicted molar refractivity (Wildman–Crippen MR) is 128 cm³/mol. The van der Waals surface area contributed by atoms with Crippen LogP contribution < -0.4 is 11.5 Å². The molecule has 0 unspecified atom stereocenters. The van der Waals surface area contributed by atoms with Gasteiger partial charge in [-0.1, -0.05) is 0 Å². The summed E-state index contributed by atoms with van der Waals surface area (Å²) < 4.78 is 64.6. The molecule has 0 bridgehead atoms. The fourth-order valence-corrected chi connectivity index (χ4v) is 3.86. The zero-order valence-electron chi connectivity index (χ0n) is 18.0. The number of hydrogen-bond donors (Lipinski definition) is 4. The van der Waals surface area contributed by atoms with Crippen LogP contribution in [0.5, 0.6) is 0 Å². The maximum atomic E-state index is 11.9. The van der Waals surface area contributed by atoms with Crippen LogP contribution in [0, 0.1) is 6.92 Å². The van der Waals surface area contributed by atoms with E-state index in [1.165, 1.54) is 24.3 Å². The first-order valence-corrected chi connectivity index (χ1v) is 12.4. The van der Waals surface area contributed by atoms with Gasteiger partial charge in [0, 0.05) is 0 Å². The lowest BCUT2D eigenvalue weighted by molar-refractivity contribution is 0.481. The van der Waals surface area contributed by atoms with Gasteiger partial charge in [-0.05, 0) is 73.2 Å². The Labute approximate surface area is 200 Å². The predicted octanol–water partition coefficient (Wildman–Crippen LogP) is 4.22. The number of aliphatic imine (C=N–C) groups is 1. The molecule has 6 N–H and O–H groups in total. The van der Waals surface area contributed by atoms with E-state index in [4.69, 9.17) is 16.0 Å². The zero-order valence-corrected chi connectivity index (χ0v) is 19.6. The summed E-state index contributed by atoms with van der Waals surface area (Å²) in [6.07, 6.45) is 0. The lowest BCUT2D eigenvalue weighted by Crippen LogP contribution is -2.21. The lowest BCUT2D eigenvalue weighted by Gasteiger charge is -2.04. The molecule has 0 saturated heterocycles. The quantitative estimate of drug-likeness (QED) is 0.153. The van der Waals surface area contributed by atoms with E-state index < -0.39 is 25.1 Å². The summed E-state index contributed by atoms with van der Waals surface area (Å²) in [5.74, 6) is -0.107. The van der Waals surface area contributed by atoms with Gasteiger partial charge in [0.2, 0.25) is 0 Å². The maximum Gasteiger partial charge on any atom is 0.296 e. The maximum absolute atomic E-state index is 11.9. The zero-order chi connectivity index (χ0) is 25.8. The highest BCUT2D eigenvalue weighted by Crippen LogP contribution is 2.32. The van der Waals surface area contributed by atoms with Gasteiger partial charge in [-0.3, -0.25) is 9.11 Å². The number of benzene rings is 3. The highest BCUT2D eigenvalue weighted by Gasteiger charge is 2.17. The van der Waals surface area contributed by atoms with E-state index >= 15 is 0 Å². The number of hydrogen-bond acceptors (Lipinski definition) is 9. The molecule has 0 spiro atoms. The summed E-state index contributed by atoms with van der Waals surface area (Å²) in [5, 5.41) is 15.7. The Kier molecular flexibility index (Phi) is 7.35. The SMILES string of the molecule is Cc1cc(N=C(N)N)ccc1N=Nc1ccc(N=Nc2ccc(S(=O)(=O)O)cc2)cc1S(=O)(=O)O. The number of aryl methyl sites for hydroxylation is 1. The molecule has 3 rings (SSSR count). The van der Waals surface area contributed by atoms with Crippen LogP contribution in [0.4, 0.5) is 28.4 Å². The van der Waals surface area contributed by atoms with Crippen molar-refractivity contribution < 1.29 is 25.9 Å². The number of guanidine groups is 1. The number of nitrogens with two attached hydrogens (primary N) is 2. The highest BCUT2D eigenvalue weighted by molar-refractivity contribution is 7.86. The van der Waals surface area contributed by atoms with E-state index in [2.05, 4.69) is 25.4 Å². The molecule has 35 heavy (non-hydrogen) atoms. The summed E-state index contributed by atoms with van der Waals surface area (Å²) in [6.45, 7) is 1.73. The Hall–Kier alpha value is -4.05. The van der Waals surface area contributed by atoms with Gasteiger partial charge in [-0.25, -0.2) is 4.99 Å². The van der Waals surface area contributed by atoms with Crippen molar-refractivity contribution >= 4 is 54.6 Å². The smallest absolute Gasteiger partial charge is 0.296 e. The fourth-order valence-electron chi connectivity index (χ4n) is 2.73. The molecule has 0 amide bonds. The molecule has 0 aliphatic carbocycles. The van der Waals surface area contributed by atoms with Crippen LogP contribution >= 0.6 is 0 Å². The average Bonchev–Trinajstić information content (AvgIpc) is 2.76. The van der Waals surface area contributed by atoms with E-state index in [0.29, 0.717) is 16.9 Å². The van der Waals surface area contributed by atoms with Crippen molar-refractivity contribution in [3.8, 4) is 0 Å². The fraction of sp³-hybridized carbons (Fsp3) is 0.0500. The van der Waals surface area contributed by atoms with Crippen LogP contribution in [0.1, 0.15) is 5.56 Å². The first-order valence-electron chi connectivity index (χ1n) is 9.56. The first kappa shape index (κ1) is 25.6. The molecular weight excluding hydrogens is 498 g/mol. The van der Waals surface area contributed by atoms with Crippen LogP contribution in [0.15, 0.2) is 95.9 Å². The minimum atomic E-state index is -4.69. The summed E-state index contributed by atoms with van der Waals surface area (Å²) in [4.78, 5) is 3.05. The van der Waals surface area contributed by atoms with E-state index in [0.717, 1.165) is 18.2 Å². The Morgan fingerprint density at radius 1 is 0.686 bits per heavy atom. The second kappa shape index (κ2) is 10.1. The molecule has 0 aromatic heterocycles. The van der Waals surface area contributed by atoms with Gasteiger partial charge in [0.1, 0.15) is 10.6 Å². The van der Waals surface area contributed by atoms with Crippen LogP contribution in [0.25, 0.3) is 0 Å². The molecule has 0 radical (unpaired) electrons. The van der Waals surface area contributed by atoms with Crippen LogP contribution in [-0.2, 0) is 20.2 Å². The normalized spacial score (nSPS) is 12.3. The standard InChI is InChI=1S/C20H19N7O6S2/c1-12-10-14(23-20(21)22)4-8-17(12)26-27-18-9-5-15(11-19(18)35(31,32)33)25-24-13-2-6-16(7-3-13)34(28,29)30/h2-11H,1H3,(H4,21,22,23)(H,28,29,30)(H,31,32,33). The topological polar surface area (TPSA) is 223 Å². The molecule has 3 aromatic rings. The Morgan fingerprint density at radius 2 is 1.23 bits per heavy atom. The van der Waals surface area contributed by atoms with Crippen molar-refractivity contribution in [2.45, 2.75) is 16.7 Å². The summed E-state index contributed by atoms with van der Waals surface area (Å²) in [6, 6.07) is 13.4. The minimum Gasteiger partial charge on any atom is -0.370 e. The molecule has 0 saturated carbocycles. The molecule has 0 heterocycles. The highest BCUT2D eigenvalue weighted by atomic mass is 32.2. The van der Waals surface area contributed by atoms with Crippen LogP contribution in [-0.4, -0.2) is 31.9 Å². The summed E-state index contributed by atoms with van der Waals surface area (Å²) >= 11 is 0. The third-order valence-electron chi connectivity index (χ3n) is 4.34. The van der Waals surface area contributed by atoms with Gasteiger partial charge >= 0.3 is 0 Å². The molecule has 3 aromatic carbocycles. The van der Waals surface area contributed by atoms with Gasteiger partial charge in [0.25, 0.3) is 20.2 Å². The van der Waals surface area contributed by atoms with Gasteiger partial charge < -0.3 is 11.5 Å². The van der Waals surface area contributed by atoms with E-state index in [1.807, 2.05) is 0 Å². The monoisotopic (exact) mass is 517 g/mol. The number of rotatable bonds is 7. The third kappa shape index (κ3) is 6.97. The molecule has 0 aliphatic heterocycles. The van der Waals surface area contributed by atoms with Crippen molar-refractivity contribution in [1.82, 2.24) is 0 Å². The molecular formula is C20H19N7O6S2. The minimum absolute atomic E-state index is 0.0631. The van der Waals surface area contributed by atoms with Crippen LogP contribution in [0.3, 0.4) is 0 Å². The van der Waals surface area contributed by atoms with Gasteiger partial charge in [-0.15, -0.1) is 5.11 Å². The Bertz CT molecular complexity index is 1560. The Balaban J connectivity index is 1.90. The largest absolute Gasteiger partial charge is 0.370 e. The number of azo groups is 2. The molecule has 15 heteroatoms. The van der Waals surface area contributed by atoms with E-state index in [9.17, 15) is 21.4 Å². The molecule has 13 nitrogen and oxygen atoms in total. The summed E-state index contributed by atoms with van der Waals surface area (Å²) in [7, 11) is -9.04. The molecule has 182 valence electrons. The van der Waals surface area contributed by atoms with Crippen molar-refractivity contribution in [2.75, 3.05) is 0 Å². The molecule has 0 atom stereocenters. The second-order valence-corrected chi connectivity index (χ2v) is 9.82. The van der Waals surface area contributed by atoms with Gasteiger partial charge in [0.15, 0.2) is 5.96 Å². The first-order chi connectivity index (χ1) is 16.3. The Morgan fingerprint density at radius 3 is 1.80 bits per heavy atom. The number of nitrogens with zero attached hydrogens (tertiary/aromatic N) is 5. The van der Waals surface area contributed by atoms with Crippen molar-refractivity contribution in [1.29, 1.82) is 0 Å². The lowest BCUT2D eigenvalue weighted by atomic mass is 10.2. The van der Waals surface area contributed by atoms with Crippen molar-refractivity contribution in [2.24, 2.45) is 36.9 Å². The van der Waals surface area contributed by atoms with E-state index in [-0.39, 0.29) is 27.9 Å².